The Morgan fingerprint density at radius 3 is 2.78 bits per heavy atom. The number of rotatable bonds is 5. The van der Waals surface area contributed by atoms with Crippen molar-refractivity contribution in [1.29, 1.82) is 0 Å². The lowest BCUT2D eigenvalue weighted by Gasteiger charge is -2.05. The van der Waals surface area contributed by atoms with Crippen LogP contribution in [0.3, 0.4) is 0 Å². The van der Waals surface area contributed by atoms with Gasteiger partial charge in [-0.15, -0.1) is 6.58 Å². The first kappa shape index (κ1) is 12.2. The molecule has 0 radical (unpaired) electrons. The normalized spacial score (nSPS) is 11.3. The summed E-state index contributed by atoms with van der Waals surface area (Å²) in [5, 5.41) is 7.82. The maximum atomic E-state index is 4.56. The largest absolute Gasteiger partial charge is 0.380 e. The predicted molar refractivity (Wildman–Crippen MR) is 75.4 cm³/mol. The van der Waals surface area contributed by atoms with Crippen molar-refractivity contribution in [3.05, 3.63) is 67.0 Å². The number of para-hydroxylation sites is 1. The highest BCUT2D eigenvalue weighted by Crippen LogP contribution is 2.12. The van der Waals surface area contributed by atoms with Crippen LogP contribution in [0.2, 0.25) is 0 Å². The lowest BCUT2D eigenvalue weighted by Crippen LogP contribution is -2.12. The van der Waals surface area contributed by atoms with Gasteiger partial charge in [-0.3, -0.25) is 0 Å². The summed E-state index contributed by atoms with van der Waals surface area (Å²) in [5.41, 5.74) is 3.01. The Hall–Kier alpha value is -2.29. The van der Waals surface area contributed by atoms with Gasteiger partial charge in [0.05, 0.1) is 11.4 Å². The van der Waals surface area contributed by atoms with Gasteiger partial charge < -0.3 is 5.32 Å². The first-order valence-electron chi connectivity index (χ1n) is 5.97. The molecule has 1 aromatic carbocycles. The van der Waals surface area contributed by atoms with E-state index in [4.69, 9.17) is 0 Å². The van der Waals surface area contributed by atoms with E-state index < -0.39 is 0 Å². The molecule has 0 fully saturated rings. The molecule has 2 rings (SSSR count). The molecule has 2 aromatic rings. The van der Waals surface area contributed by atoms with Gasteiger partial charge in [0.2, 0.25) is 0 Å². The van der Waals surface area contributed by atoms with Crippen molar-refractivity contribution >= 4 is 5.70 Å². The third-order valence-electron chi connectivity index (χ3n) is 2.61. The van der Waals surface area contributed by atoms with Gasteiger partial charge >= 0.3 is 0 Å². The minimum Gasteiger partial charge on any atom is -0.380 e. The molecule has 3 heteroatoms. The van der Waals surface area contributed by atoms with Crippen molar-refractivity contribution in [2.45, 2.75) is 6.92 Å². The number of nitrogens with zero attached hydrogens (tertiary/aromatic N) is 2. The van der Waals surface area contributed by atoms with E-state index in [1.54, 1.807) is 0 Å². The van der Waals surface area contributed by atoms with Crippen LogP contribution in [0.15, 0.2) is 61.3 Å². The molecule has 0 aliphatic heterocycles. The van der Waals surface area contributed by atoms with Gasteiger partial charge in [-0.25, -0.2) is 4.68 Å². The van der Waals surface area contributed by atoms with Crippen LogP contribution in [-0.2, 0) is 0 Å². The first-order chi connectivity index (χ1) is 8.85. The molecule has 0 unspecified atom stereocenters. The van der Waals surface area contributed by atoms with E-state index in [9.17, 15) is 0 Å². The predicted octanol–water partition coefficient (Wildman–Crippen LogP) is 3.01. The summed E-state index contributed by atoms with van der Waals surface area (Å²) < 4.78 is 1.87. The van der Waals surface area contributed by atoms with Gasteiger partial charge in [-0.05, 0) is 25.1 Å². The van der Waals surface area contributed by atoms with Crippen LogP contribution in [0.25, 0.3) is 11.4 Å². The van der Waals surface area contributed by atoms with Crippen molar-refractivity contribution in [2.75, 3.05) is 6.54 Å². The fourth-order valence-electron chi connectivity index (χ4n) is 1.71. The molecule has 0 spiro atoms. The van der Waals surface area contributed by atoms with E-state index in [2.05, 4.69) is 17.0 Å². The van der Waals surface area contributed by atoms with Crippen LogP contribution in [-0.4, -0.2) is 16.3 Å². The summed E-state index contributed by atoms with van der Waals surface area (Å²) in [6.45, 7) is 6.43. The van der Waals surface area contributed by atoms with Crippen molar-refractivity contribution in [1.82, 2.24) is 15.1 Å². The smallest absolute Gasteiger partial charge is 0.108 e. The second-order valence-electron chi connectivity index (χ2n) is 3.85. The zero-order valence-electron chi connectivity index (χ0n) is 10.5. The van der Waals surface area contributed by atoms with Gasteiger partial charge in [-0.2, -0.15) is 5.10 Å². The van der Waals surface area contributed by atoms with E-state index in [0.717, 1.165) is 23.6 Å². The Kier molecular flexibility index (Phi) is 3.97. The maximum absolute atomic E-state index is 4.56. The molecule has 0 aliphatic carbocycles. The number of benzene rings is 1. The topological polar surface area (TPSA) is 29.9 Å². The molecule has 0 aliphatic rings. The van der Waals surface area contributed by atoms with Crippen LogP contribution in [0, 0.1) is 0 Å². The van der Waals surface area contributed by atoms with Crippen LogP contribution in [0.5, 0.6) is 0 Å². The van der Waals surface area contributed by atoms with Crippen LogP contribution in [0.1, 0.15) is 12.6 Å². The monoisotopic (exact) mass is 239 g/mol. The zero-order chi connectivity index (χ0) is 12.8. The van der Waals surface area contributed by atoms with E-state index in [0.29, 0.717) is 0 Å². The highest BCUT2D eigenvalue weighted by molar-refractivity contribution is 5.60. The number of aromatic nitrogens is 2. The van der Waals surface area contributed by atoms with E-state index in [1.807, 2.05) is 66.4 Å². The summed E-state index contributed by atoms with van der Waals surface area (Å²) in [7, 11) is 0. The van der Waals surface area contributed by atoms with Crippen molar-refractivity contribution < 1.29 is 0 Å². The molecular formula is C15H17N3. The fraction of sp³-hybridized carbons (Fsp3) is 0.133. The third kappa shape index (κ3) is 2.69. The van der Waals surface area contributed by atoms with Gasteiger partial charge in [0.25, 0.3) is 0 Å². The Morgan fingerprint density at radius 2 is 2.11 bits per heavy atom. The molecule has 18 heavy (non-hydrogen) atoms. The summed E-state index contributed by atoms with van der Waals surface area (Å²) in [6, 6.07) is 12.1. The second-order valence-corrected chi connectivity index (χ2v) is 3.85. The average molecular weight is 239 g/mol. The SMILES string of the molecule is C=CCN/C(=C\C)c1ccn(-c2ccccc2)n1. The molecule has 0 atom stereocenters. The molecule has 1 N–H and O–H groups in total. The quantitative estimate of drug-likeness (QED) is 0.813. The van der Waals surface area contributed by atoms with Crippen LogP contribution < -0.4 is 5.32 Å². The molecule has 1 heterocycles. The Labute approximate surface area is 107 Å². The minimum atomic E-state index is 0.734. The summed E-state index contributed by atoms with van der Waals surface area (Å²) in [4.78, 5) is 0. The minimum absolute atomic E-state index is 0.734. The first-order valence-corrected chi connectivity index (χ1v) is 5.97. The van der Waals surface area contributed by atoms with Crippen molar-refractivity contribution in [2.24, 2.45) is 0 Å². The summed E-state index contributed by atoms with van der Waals surface area (Å²) in [5.74, 6) is 0. The Balaban J connectivity index is 2.22. The lowest BCUT2D eigenvalue weighted by molar-refractivity contribution is 0.863. The number of hydrogen-bond acceptors (Lipinski definition) is 2. The number of allylic oxidation sites excluding steroid dienone is 1. The zero-order valence-corrected chi connectivity index (χ0v) is 10.5. The van der Waals surface area contributed by atoms with Gasteiger partial charge in [-0.1, -0.05) is 30.4 Å². The fourth-order valence-corrected chi connectivity index (χ4v) is 1.71. The summed E-state index contributed by atoms with van der Waals surface area (Å²) >= 11 is 0. The number of nitrogens with one attached hydrogen (secondary N) is 1. The highest BCUT2D eigenvalue weighted by atomic mass is 15.3. The van der Waals surface area contributed by atoms with Crippen LogP contribution in [0.4, 0.5) is 0 Å². The molecule has 0 saturated carbocycles. The lowest BCUT2D eigenvalue weighted by atomic mass is 10.3. The molecule has 0 saturated heterocycles. The molecule has 92 valence electrons. The van der Waals surface area contributed by atoms with Gasteiger partial charge in [0.1, 0.15) is 5.69 Å². The highest BCUT2D eigenvalue weighted by Gasteiger charge is 2.04. The molecule has 3 nitrogen and oxygen atoms in total. The van der Waals surface area contributed by atoms with Crippen molar-refractivity contribution in [3.8, 4) is 5.69 Å². The van der Waals surface area contributed by atoms with Gasteiger partial charge in [0.15, 0.2) is 0 Å². The molecule has 1 aromatic heterocycles. The maximum Gasteiger partial charge on any atom is 0.108 e. The number of hydrogen-bond donors (Lipinski definition) is 1. The van der Waals surface area contributed by atoms with Crippen LogP contribution >= 0.6 is 0 Å². The van der Waals surface area contributed by atoms with E-state index in [-0.39, 0.29) is 0 Å². The van der Waals surface area contributed by atoms with E-state index in [1.165, 1.54) is 0 Å². The third-order valence-corrected chi connectivity index (χ3v) is 2.61. The standard InChI is InChI=1S/C15H17N3/c1-3-11-16-14(4-2)15-10-12-18(17-15)13-8-6-5-7-9-13/h3-10,12,16H,1,11H2,2H3/b14-4-. The summed E-state index contributed by atoms with van der Waals surface area (Å²) in [6.07, 6.45) is 5.81. The van der Waals surface area contributed by atoms with Crippen molar-refractivity contribution in [3.63, 3.8) is 0 Å². The van der Waals surface area contributed by atoms with Gasteiger partial charge in [0, 0.05) is 12.7 Å². The Morgan fingerprint density at radius 1 is 1.33 bits per heavy atom. The molecular weight excluding hydrogens is 222 g/mol. The second kappa shape index (κ2) is 5.87. The molecule has 0 bridgehead atoms. The molecule has 0 amide bonds. The average Bonchev–Trinajstić information content (AvgIpc) is 2.90. The van der Waals surface area contributed by atoms with E-state index >= 15 is 0 Å². The Bertz CT molecular complexity index is 538.